The first-order chi connectivity index (χ1) is 9.20. The van der Waals surface area contributed by atoms with Crippen LogP contribution in [-0.4, -0.2) is 13.6 Å². The molecule has 19 heavy (non-hydrogen) atoms. The van der Waals surface area contributed by atoms with Gasteiger partial charge in [0, 0.05) is 10.9 Å². The maximum atomic E-state index is 13.0. The summed E-state index contributed by atoms with van der Waals surface area (Å²) in [6.45, 7) is 0.897. The molecular formula is C16H17ClFN. The summed E-state index contributed by atoms with van der Waals surface area (Å²) < 4.78 is 13.0. The van der Waals surface area contributed by atoms with E-state index in [-0.39, 0.29) is 11.7 Å². The number of hydrogen-bond acceptors (Lipinski definition) is 1. The Bertz CT molecular complexity index is 525. The second-order valence-electron chi connectivity index (χ2n) is 4.55. The first kappa shape index (κ1) is 14.0. The minimum Gasteiger partial charge on any atom is -0.320 e. The highest BCUT2D eigenvalue weighted by Gasteiger charge is 2.14. The van der Waals surface area contributed by atoms with Crippen molar-refractivity contribution in [2.75, 3.05) is 13.6 Å². The summed E-state index contributed by atoms with van der Waals surface area (Å²) >= 11 is 6.06. The molecule has 0 bridgehead atoms. The van der Waals surface area contributed by atoms with Gasteiger partial charge in [0.25, 0.3) is 0 Å². The van der Waals surface area contributed by atoms with Gasteiger partial charge in [0.2, 0.25) is 0 Å². The second-order valence-corrected chi connectivity index (χ2v) is 4.99. The van der Waals surface area contributed by atoms with Crippen LogP contribution in [0.25, 0.3) is 0 Å². The van der Waals surface area contributed by atoms with Crippen LogP contribution in [0.15, 0.2) is 48.5 Å². The molecule has 0 saturated heterocycles. The molecule has 1 atom stereocenters. The van der Waals surface area contributed by atoms with E-state index in [0.717, 1.165) is 29.1 Å². The van der Waals surface area contributed by atoms with Gasteiger partial charge in [-0.2, -0.15) is 0 Å². The molecule has 100 valence electrons. The number of halogens is 2. The smallest absolute Gasteiger partial charge is 0.123 e. The lowest BCUT2D eigenvalue weighted by molar-refractivity contribution is 0.623. The summed E-state index contributed by atoms with van der Waals surface area (Å²) in [4.78, 5) is 0. The molecule has 2 aromatic rings. The van der Waals surface area contributed by atoms with E-state index in [2.05, 4.69) is 11.4 Å². The van der Waals surface area contributed by atoms with Gasteiger partial charge >= 0.3 is 0 Å². The SMILES string of the molecule is CNCCC(c1ccc(F)cc1)c1cccc(Cl)c1. The first-order valence-corrected chi connectivity index (χ1v) is 6.74. The first-order valence-electron chi connectivity index (χ1n) is 6.36. The molecule has 0 aliphatic carbocycles. The van der Waals surface area contributed by atoms with E-state index >= 15 is 0 Å². The van der Waals surface area contributed by atoms with Crippen LogP contribution in [0.1, 0.15) is 23.5 Å². The molecule has 0 heterocycles. The molecule has 2 aromatic carbocycles. The molecule has 0 aromatic heterocycles. The summed E-state index contributed by atoms with van der Waals surface area (Å²) in [5, 5.41) is 3.89. The van der Waals surface area contributed by atoms with Crippen molar-refractivity contribution in [3.8, 4) is 0 Å². The van der Waals surface area contributed by atoms with Gasteiger partial charge < -0.3 is 5.32 Å². The van der Waals surface area contributed by atoms with Gasteiger partial charge in [-0.3, -0.25) is 0 Å². The Morgan fingerprint density at radius 2 is 1.84 bits per heavy atom. The normalized spacial score (nSPS) is 12.4. The molecular weight excluding hydrogens is 261 g/mol. The Morgan fingerprint density at radius 3 is 2.47 bits per heavy atom. The van der Waals surface area contributed by atoms with Crippen molar-refractivity contribution < 1.29 is 4.39 Å². The lowest BCUT2D eigenvalue weighted by Crippen LogP contribution is -2.13. The lowest BCUT2D eigenvalue weighted by atomic mass is 9.88. The number of rotatable bonds is 5. The van der Waals surface area contributed by atoms with Gasteiger partial charge in [0.05, 0.1) is 0 Å². The Labute approximate surface area is 118 Å². The summed E-state index contributed by atoms with van der Waals surface area (Å²) in [7, 11) is 1.93. The Hall–Kier alpha value is -1.38. The molecule has 2 rings (SSSR count). The van der Waals surface area contributed by atoms with Crippen molar-refractivity contribution in [3.63, 3.8) is 0 Å². The van der Waals surface area contributed by atoms with E-state index < -0.39 is 0 Å². The predicted molar refractivity (Wildman–Crippen MR) is 78.2 cm³/mol. The minimum atomic E-state index is -0.206. The monoisotopic (exact) mass is 277 g/mol. The van der Waals surface area contributed by atoms with Crippen LogP contribution >= 0.6 is 11.6 Å². The van der Waals surface area contributed by atoms with Crippen LogP contribution in [-0.2, 0) is 0 Å². The highest BCUT2D eigenvalue weighted by atomic mass is 35.5. The van der Waals surface area contributed by atoms with Crippen molar-refractivity contribution in [3.05, 3.63) is 70.5 Å². The predicted octanol–water partition coefficient (Wildman–Crippen LogP) is 4.22. The molecule has 3 heteroatoms. The largest absolute Gasteiger partial charge is 0.320 e. The van der Waals surface area contributed by atoms with Crippen molar-refractivity contribution >= 4 is 11.6 Å². The summed E-state index contributed by atoms with van der Waals surface area (Å²) in [6.07, 6.45) is 0.947. The number of benzene rings is 2. The highest BCUT2D eigenvalue weighted by Crippen LogP contribution is 2.29. The van der Waals surface area contributed by atoms with Gasteiger partial charge in [-0.1, -0.05) is 35.9 Å². The fourth-order valence-corrected chi connectivity index (χ4v) is 2.43. The van der Waals surface area contributed by atoms with E-state index in [0.29, 0.717) is 0 Å². The highest BCUT2D eigenvalue weighted by molar-refractivity contribution is 6.30. The molecule has 0 saturated carbocycles. The molecule has 0 spiro atoms. The summed E-state index contributed by atoms with van der Waals surface area (Å²) in [6, 6.07) is 14.6. The third-order valence-corrected chi connectivity index (χ3v) is 3.44. The molecule has 0 fully saturated rings. The molecule has 0 amide bonds. The van der Waals surface area contributed by atoms with E-state index in [1.165, 1.54) is 12.1 Å². The number of hydrogen-bond donors (Lipinski definition) is 1. The topological polar surface area (TPSA) is 12.0 Å². The maximum absolute atomic E-state index is 13.0. The van der Waals surface area contributed by atoms with E-state index in [1.54, 1.807) is 0 Å². The number of nitrogens with one attached hydrogen (secondary N) is 1. The zero-order valence-electron chi connectivity index (χ0n) is 10.9. The van der Waals surface area contributed by atoms with Crippen molar-refractivity contribution in [2.24, 2.45) is 0 Å². The zero-order chi connectivity index (χ0) is 13.7. The Kier molecular flexibility index (Phi) is 4.94. The van der Waals surface area contributed by atoms with Crippen LogP contribution in [0.3, 0.4) is 0 Å². The summed E-state index contributed by atoms with van der Waals surface area (Å²) in [5.41, 5.74) is 2.27. The van der Waals surface area contributed by atoms with E-state index in [1.807, 2.05) is 37.4 Å². The van der Waals surface area contributed by atoms with E-state index in [4.69, 9.17) is 11.6 Å². The van der Waals surface area contributed by atoms with Gasteiger partial charge in [0.1, 0.15) is 5.82 Å². The van der Waals surface area contributed by atoms with Gasteiger partial charge in [0.15, 0.2) is 0 Å². The van der Waals surface area contributed by atoms with E-state index in [9.17, 15) is 4.39 Å². The quantitative estimate of drug-likeness (QED) is 0.863. The second kappa shape index (κ2) is 6.69. The summed E-state index contributed by atoms with van der Waals surface area (Å²) in [5.74, 6) is 0.0222. The minimum absolute atomic E-state index is 0.206. The molecule has 1 nitrogen and oxygen atoms in total. The average molecular weight is 278 g/mol. The van der Waals surface area contributed by atoms with Crippen molar-refractivity contribution in [2.45, 2.75) is 12.3 Å². The molecule has 1 N–H and O–H groups in total. The average Bonchev–Trinajstić information content (AvgIpc) is 2.41. The lowest BCUT2D eigenvalue weighted by Gasteiger charge is -2.18. The molecule has 0 aliphatic rings. The van der Waals surface area contributed by atoms with Crippen molar-refractivity contribution in [1.82, 2.24) is 5.32 Å². The Balaban J connectivity index is 2.32. The van der Waals surface area contributed by atoms with Gasteiger partial charge in [-0.15, -0.1) is 0 Å². The van der Waals surface area contributed by atoms with Crippen LogP contribution in [0, 0.1) is 5.82 Å². The fraction of sp³-hybridized carbons (Fsp3) is 0.250. The van der Waals surface area contributed by atoms with Crippen LogP contribution in [0.5, 0.6) is 0 Å². The van der Waals surface area contributed by atoms with Crippen LogP contribution < -0.4 is 5.32 Å². The third kappa shape index (κ3) is 3.79. The third-order valence-electron chi connectivity index (χ3n) is 3.21. The maximum Gasteiger partial charge on any atom is 0.123 e. The van der Waals surface area contributed by atoms with Gasteiger partial charge in [-0.25, -0.2) is 4.39 Å². The van der Waals surface area contributed by atoms with Crippen LogP contribution in [0.2, 0.25) is 5.02 Å². The van der Waals surface area contributed by atoms with Gasteiger partial charge in [-0.05, 0) is 55.4 Å². The van der Waals surface area contributed by atoms with Crippen LogP contribution in [0.4, 0.5) is 4.39 Å². The standard InChI is InChI=1S/C16H17ClFN/c1-19-10-9-16(12-5-7-15(18)8-6-12)13-3-2-4-14(17)11-13/h2-8,11,16,19H,9-10H2,1H3. The Morgan fingerprint density at radius 1 is 1.11 bits per heavy atom. The fourth-order valence-electron chi connectivity index (χ4n) is 2.23. The zero-order valence-corrected chi connectivity index (χ0v) is 11.6. The molecule has 0 aliphatic heterocycles. The molecule has 1 unspecified atom stereocenters. The molecule has 0 radical (unpaired) electrons. The van der Waals surface area contributed by atoms with Crippen molar-refractivity contribution in [1.29, 1.82) is 0 Å².